The second-order valence-corrected chi connectivity index (χ2v) is 6.81. The summed E-state index contributed by atoms with van der Waals surface area (Å²) >= 11 is 1.75. The van der Waals surface area contributed by atoms with E-state index in [2.05, 4.69) is 57.8 Å². The normalized spacial score (nSPS) is 19.8. The molecule has 1 N–H and O–H groups in total. The van der Waals surface area contributed by atoms with Gasteiger partial charge in [-0.1, -0.05) is 30.3 Å². The van der Waals surface area contributed by atoms with Gasteiger partial charge in [-0.25, -0.2) is 4.98 Å². The van der Waals surface area contributed by atoms with Crippen molar-refractivity contribution in [2.45, 2.75) is 25.8 Å². The van der Waals surface area contributed by atoms with E-state index in [1.54, 1.807) is 11.3 Å². The summed E-state index contributed by atoms with van der Waals surface area (Å²) in [5.41, 5.74) is 2.67. The maximum Gasteiger partial charge on any atom is 0.0897 e. The van der Waals surface area contributed by atoms with Crippen LogP contribution in [0.15, 0.2) is 35.7 Å². The number of nitrogens with one attached hydrogen (secondary N) is 1. The van der Waals surface area contributed by atoms with Crippen LogP contribution in [0.5, 0.6) is 0 Å². The number of nitrogens with zero attached hydrogens (tertiary/aromatic N) is 2. The molecule has 4 heteroatoms. The SMILES string of the molecule is Cc1nc(CCN2CCNC(Cc3ccccc3)C2)cs1. The van der Waals surface area contributed by atoms with Gasteiger partial charge in [0, 0.05) is 44.0 Å². The molecule has 0 aliphatic carbocycles. The molecule has 112 valence electrons. The molecule has 21 heavy (non-hydrogen) atoms. The zero-order chi connectivity index (χ0) is 14.5. The van der Waals surface area contributed by atoms with E-state index in [9.17, 15) is 0 Å². The van der Waals surface area contributed by atoms with Crippen LogP contribution in [0.2, 0.25) is 0 Å². The Morgan fingerprint density at radius 1 is 1.33 bits per heavy atom. The minimum atomic E-state index is 0.568. The molecule has 1 aliphatic heterocycles. The highest BCUT2D eigenvalue weighted by Crippen LogP contribution is 2.11. The topological polar surface area (TPSA) is 28.2 Å². The van der Waals surface area contributed by atoms with E-state index in [4.69, 9.17) is 0 Å². The van der Waals surface area contributed by atoms with Crippen molar-refractivity contribution in [3.63, 3.8) is 0 Å². The fraction of sp³-hybridized carbons (Fsp3) is 0.471. The van der Waals surface area contributed by atoms with E-state index in [-0.39, 0.29) is 0 Å². The van der Waals surface area contributed by atoms with Gasteiger partial charge >= 0.3 is 0 Å². The Labute approximate surface area is 131 Å². The lowest BCUT2D eigenvalue weighted by Gasteiger charge is -2.33. The van der Waals surface area contributed by atoms with E-state index in [1.807, 2.05) is 0 Å². The highest BCUT2D eigenvalue weighted by Gasteiger charge is 2.19. The highest BCUT2D eigenvalue weighted by molar-refractivity contribution is 7.09. The molecular weight excluding hydrogens is 278 g/mol. The molecule has 1 saturated heterocycles. The van der Waals surface area contributed by atoms with Crippen LogP contribution in [0.3, 0.4) is 0 Å². The average molecular weight is 301 g/mol. The van der Waals surface area contributed by atoms with Gasteiger partial charge in [-0.05, 0) is 18.9 Å². The van der Waals surface area contributed by atoms with Gasteiger partial charge in [0.2, 0.25) is 0 Å². The van der Waals surface area contributed by atoms with Crippen LogP contribution in [0, 0.1) is 6.92 Å². The largest absolute Gasteiger partial charge is 0.311 e. The number of aromatic nitrogens is 1. The molecule has 1 aromatic carbocycles. The molecule has 0 saturated carbocycles. The predicted molar refractivity (Wildman–Crippen MR) is 88.9 cm³/mol. The second-order valence-electron chi connectivity index (χ2n) is 5.75. The molecule has 2 heterocycles. The van der Waals surface area contributed by atoms with Gasteiger partial charge in [0.15, 0.2) is 0 Å². The molecule has 1 fully saturated rings. The van der Waals surface area contributed by atoms with E-state index in [1.165, 1.54) is 16.3 Å². The Bertz CT molecular complexity index is 552. The van der Waals surface area contributed by atoms with Crippen LogP contribution in [-0.2, 0) is 12.8 Å². The smallest absolute Gasteiger partial charge is 0.0897 e. The quantitative estimate of drug-likeness (QED) is 0.920. The first kappa shape index (κ1) is 14.7. The average Bonchev–Trinajstić information content (AvgIpc) is 2.92. The van der Waals surface area contributed by atoms with Crippen molar-refractivity contribution < 1.29 is 0 Å². The molecule has 1 unspecified atom stereocenters. The molecular formula is C17H23N3S. The van der Waals surface area contributed by atoms with Gasteiger partial charge in [0.25, 0.3) is 0 Å². The van der Waals surface area contributed by atoms with E-state index in [0.29, 0.717) is 6.04 Å². The summed E-state index contributed by atoms with van der Waals surface area (Å²) in [5.74, 6) is 0. The summed E-state index contributed by atoms with van der Waals surface area (Å²) in [6.07, 6.45) is 2.19. The van der Waals surface area contributed by atoms with Crippen LogP contribution >= 0.6 is 11.3 Å². The maximum absolute atomic E-state index is 4.56. The Morgan fingerprint density at radius 2 is 2.19 bits per heavy atom. The minimum Gasteiger partial charge on any atom is -0.311 e. The summed E-state index contributed by atoms with van der Waals surface area (Å²) in [6.45, 7) is 6.57. The molecule has 3 rings (SSSR count). The van der Waals surface area contributed by atoms with Gasteiger partial charge in [0.1, 0.15) is 0 Å². The standard InChI is InChI=1S/C17H23N3S/c1-14-19-16(13-21-14)7-9-20-10-8-18-17(12-20)11-15-5-3-2-4-6-15/h2-6,13,17-18H,7-12H2,1H3. The third-order valence-electron chi connectivity index (χ3n) is 4.02. The Balaban J connectivity index is 1.49. The van der Waals surface area contributed by atoms with Crippen molar-refractivity contribution >= 4 is 11.3 Å². The van der Waals surface area contributed by atoms with Crippen molar-refractivity contribution in [2.24, 2.45) is 0 Å². The molecule has 0 radical (unpaired) electrons. The van der Waals surface area contributed by atoms with Gasteiger partial charge in [-0.3, -0.25) is 0 Å². The molecule has 0 bridgehead atoms. The highest BCUT2D eigenvalue weighted by atomic mass is 32.1. The zero-order valence-corrected chi connectivity index (χ0v) is 13.4. The minimum absolute atomic E-state index is 0.568. The van der Waals surface area contributed by atoms with E-state index >= 15 is 0 Å². The first-order chi connectivity index (χ1) is 10.3. The maximum atomic E-state index is 4.56. The predicted octanol–water partition coefficient (Wildman–Crippen LogP) is 2.51. The lowest BCUT2D eigenvalue weighted by molar-refractivity contribution is 0.201. The number of benzene rings is 1. The second kappa shape index (κ2) is 7.16. The third kappa shape index (κ3) is 4.37. The summed E-state index contributed by atoms with van der Waals surface area (Å²) in [7, 11) is 0. The molecule has 1 atom stereocenters. The van der Waals surface area contributed by atoms with Gasteiger partial charge < -0.3 is 10.2 Å². The lowest BCUT2D eigenvalue weighted by atomic mass is 10.0. The van der Waals surface area contributed by atoms with Crippen LogP contribution in [0.25, 0.3) is 0 Å². The van der Waals surface area contributed by atoms with Crippen LogP contribution in [0.4, 0.5) is 0 Å². The number of piperazine rings is 1. The fourth-order valence-corrected chi connectivity index (χ4v) is 3.58. The van der Waals surface area contributed by atoms with Crippen LogP contribution in [0.1, 0.15) is 16.3 Å². The summed E-state index contributed by atoms with van der Waals surface area (Å²) < 4.78 is 0. The van der Waals surface area contributed by atoms with Crippen molar-refractivity contribution in [1.29, 1.82) is 0 Å². The lowest BCUT2D eigenvalue weighted by Crippen LogP contribution is -2.51. The Hall–Kier alpha value is -1.23. The van der Waals surface area contributed by atoms with E-state index in [0.717, 1.165) is 39.0 Å². The molecule has 0 amide bonds. The third-order valence-corrected chi connectivity index (χ3v) is 4.84. The summed E-state index contributed by atoms with van der Waals surface area (Å²) in [4.78, 5) is 7.13. The fourth-order valence-electron chi connectivity index (χ4n) is 2.93. The number of hydrogen-bond acceptors (Lipinski definition) is 4. The molecule has 3 nitrogen and oxygen atoms in total. The first-order valence-corrected chi connectivity index (χ1v) is 8.58. The number of hydrogen-bond donors (Lipinski definition) is 1. The monoisotopic (exact) mass is 301 g/mol. The molecule has 1 aromatic heterocycles. The van der Waals surface area contributed by atoms with Crippen molar-refractivity contribution in [3.8, 4) is 0 Å². The summed E-state index contributed by atoms with van der Waals surface area (Å²) in [6, 6.07) is 11.3. The molecule has 0 spiro atoms. The van der Waals surface area contributed by atoms with Crippen molar-refractivity contribution in [2.75, 3.05) is 26.2 Å². The number of rotatable bonds is 5. The van der Waals surface area contributed by atoms with Crippen LogP contribution < -0.4 is 5.32 Å². The van der Waals surface area contributed by atoms with E-state index < -0.39 is 0 Å². The van der Waals surface area contributed by atoms with Gasteiger partial charge in [0.05, 0.1) is 10.7 Å². The van der Waals surface area contributed by atoms with Crippen molar-refractivity contribution in [3.05, 3.63) is 52.0 Å². The van der Waals surface area contributed by atoms with Crippen LogP contribution in [-0.4, -0.2) is 42.1 Å². The Kier molecular flexibility index (Phi) is 5.01. The number of thiazole rings is 1. The molecule has 1 aliphatic rings. The zero-order valence-electron chi connectivity index (χ0n) is 12.6. The summed E-state index contributed by atoms with van der Waals surface area (Å²) in [5, 5.41) is 7.01. The first-order valence-electron chi connectivity index (χ1n) is 7.70. The van der Waals surface area contributed by atoms with Gasteiger partial charge in [-0.15, -0.1) is 11.3 Å². The van der Waals surface area contributed by atoms with Crippen molar-refractivity contribution in [1.82, 2.24) is 15.2 Å². The Morgan fingerprint density at radius 3 is 2.95 bits per heavy atom. The number of aryl methyl sites for hydroxylation is 1. The molecule has 2 aromatic rings. The van der Waals surface area contributed by atoms with Gasteiger partial charge in [-0.2, -0.15) is 0 Å².